The smallest absolute Gasteiger partial charge is 0.277 e. The monoisotopic (exact) mass is 287 g/mol. The molecule has 0 radical (unpaired) electrons. The van der Waals surface area contributed by atoms with Gasteiger partial charge in [0.15, 0.2) is 5.82 Å². The molecule has 6 heteroatoms. The van der Waals surface area contributed by atoms with Crippen LogP contribution in [0.4, 0.5) is 4.39 Å². The second-order valence-corrected chi connectivity index (χ2v) is 5.52. The van der Waals surface area contributed by atoms with Gasteiger partial charge in [-0.05, 0) is 26.0 Å². The number of nitrogens with zero attached hydrogens (tertiary/aromatic N) is 3. The van der Waals surface area contributed by atoms with E-state index in [2.05, 4.69) is 10.1 Å². The normalized spacial score (nSPS) is 16.9. The van der Waals surface area contributed by atoms with Crippen LogP contribution in [0.25, 0.3) is 0 Å². The molecule has 0 bridgehead atoms. The molecule has 0 atom stereocenters. The number of carbonyl (C=O) groups excluding carboxylic acids is 1. The summed E-state index contributed by atoms with van der Waals surface area (Å²) in [6.45, 7) is 3.78. The third kappa shape index (κ3) is 2.33. The quantitative estimate of drug-likeness (QED) is 0.853. The Balaban J connectivity index is 1.97. The third-order valence-corrected chi connectivity index (χ3v) is 3.44. The SMILES string of the molecule is CC1(C)CC(c2ccoc2)=NN1C(=O)c1ccncc1F. The van der Waals surface area contributed by atoms with Gasteiger partial charge in [-0.15, -0.1) is 0 Å². The lowest BCUT2D eigenvalue weighted by molar-refractivity contribution is 0.0607. The fourth-order valence-corrected chi connectivity index (χ4v) is 2.35. The molecule has 0 saturated heterocycles. The number of hydrogen-bond donors (Lipinski definition) is 0. The van der Waals surface area contributed by atoms with E-state index in [-0.39, 0.29) is 5.56 Å². The molecule has 3 rings (SSSR count). The third-order valence-electron chi connectivity index (χ3n) is 3.44. The highest BCUT2D eigenvalue weighted by molar-refractivity contribution is 6.05. The fraction of sp³-hybridized carbons (Fsp3) is 0.267. The number of furan rings is 1. The first kappa shape index (κ1) is 13.5. The Morgan fingerprint density at radius 2 is 2.24 bits per heavy atom. The van der Waals surface area contributed by atoms with Crippen LogP contribution in [0.2, 0.25) is 0 Å². The van der Waals surface area contributed by atoms with Gasteiger partial charge in [-0.25, -0.2) is 9.40 Å². The number of aromatic nitrogens is 1. The number of amides is 1. The van der Waals surface area contributed by atoms with Crippen LogP contribution in [0.15, 0.2) is 46.6 Å². The van der Waals surface area contributed by atoms with Crippen LogP contribution < -0.4 is 0 Å². The molecule has 0 saturated carbocycles. The molecule has 5 nitrogen and oxygen atoms in total. The van der Waals surface area contributed by atoms with Crippen LogP contribution in [-0.4, -0.2) is 27.2 Å². The number of halogens is 1. The van der Waals surface area contributed by atoms with E-state index in [1.165, 1.54) is 17.3 Å². The van der Waals surface area contributed by atoms with Gasteiger partial charge in [-0.1, -0.05) is 0 Å². The van der Waals surface area contributed by atoms with Crippen molar-refractivity contribution < 1.29 is 13.6 Å². The van der Waals surface area contributed by atoms with Crippen molar-refractivity contribution in [2.24, 2.45) is 5.10 Å². The summed E-state index contributed by atoms with van der Waals surface area (Å²) in [4.78, 5) is 16.2. The first-order chi connectivity index (χ1) is 9.99. The molecule has 0 fully saturated rings. The average Bonchev–Trinajstić information content (AvgIpc) is 3.05. The predicted molar refractivity (Wildman–Crippen MR) is 74.3 cm³/mol. The molecule has 0 aromatic carbocycles. The van der Waals surface area contributed by atoms with Crippen molar-refractivity contribution in [2.75, 3.05) is 0 Å². The van der Waals surface area contributed by atoms with Gasteiger partial charge in [0.1, 0.15) is 0 Å². The van der Waals surface area contributed by atoms with Gasteiger partial charge in [0.05, 0.1) is 35.5 Å². The molecule has 21 heavy (non-hydrogen) atoms. The predicted octanol–water partition coefficient (Wildman–Crippen LogP) is 2.84. The Labute approximate surface area is 121 Å². The molecular formula is C15H14FN3O2. The van der Waals surface area contributed by atoms with Crippen LogP contribution in [0, 0.1) is 5.82 Å². The maximum Gasteiger partial charge on any atom is 0.277 e. The van der Waals surface area contributed by atoms with E-state index in [1.54, 1.807) is 18.6 Å². The van der Waals surface area contributed by atoms with Crippen molar-refractivity contribution in [3.8, 4) is 0 Å². The van der Waals surface area contributed by atoms with Gasteiger partial charge in [0.25, 0.3) is 5.91 Å². The Morgan fingerprint density at radius 1 is 1.43 bits per heavy atom. The van der Waals surface area contributed by atoms with Gasteiger partial charge < -0.3 is 4.42 Å². The summed E-state index contributed by atoms with van der Waals surface area (Å²) >= 11 is 0. The topological polar surface area (TPSA) is 58.7 Å². The maximum absolute atomic E-state index is 13.7. The molecule has 0 N–H and O–H groups in total. The van der Waals surface area contributed by atoms with Crippen molar-refractivity contribution in [3.05, 3.63) is 54.0 Å². The summed E-state index contributed by atoms with van der Waals surface area (Å²) in [6, 6.07) is 3.15. The Hall–Kier alpha value is -2.50. The van der Waals surface area contributed by atoms with Crippen LogP contribution in [-0.2, 0) is 0 Å². The number of rotatable bonds is 2. The molecule has 0 unspecified atom stereocenters. The number of hydrogen-bond acceptors (Lipinski definition) is 4. The molecule has 1 aliphatic heterocycles. The molecule has 1 amide bonds. The Morgan fingerprint density at radius 3 is 2.90 bits per heavy atom. The lowest BCUT2D eigenvalue weighted by Gasteiger charge is -2.28. The highest BCUT2D eigenvalue weighted by Gasteiger charge is 2.39. The van der Waals surface area contributed by atoms with Crippen molar-refractivity contribution in [1.82, 2.24) is 9.99 Å². The number of pyridine rings is 1. The van der Waals surface area contributed by atoms with E-state index in [0.29, 0.717) is 6.42 Å². The lowest BCUT2D eigenvalue weighted by atomic mass is 9.95. The minimum absolute atomic E-state index is 0.0322. The molecule has 108 valence electrons. The highest BCUT2D eigenvalue weighted by atomic mass is 19.1. The second-order valence-electron chi connectivity index (χ2n) is 5.52. The summed E-state index contributed by atoms with van der Waals surface area (Å²) in [5, 5.41) is 5.68. The van der Waals surface area contributed by atoms with E-state index in [9.17, 15) is 9.18 Å². The highest BCUT2D eigenvalue weighted by Crippen LogP contribution is 2.31. The molecule has 0 spiro atoms. The summed E-state index contributed by atoms with van der Waals surface area (Å²) in [7, 11) is 0. The molecule has 2 aromatic rings. The van der Waals surface area contributed by atoms with E-state index in [1.807, 2.05) is 13.8 Å². The molecule has 2 aromatic heterocycles. The van der Waals surface area contributed by atoms with E-state index < -0.39 is 17.3 Å². The molecule has 3 heterocycles. The van der Waals surface area contributed by atoms with Gasteiger partial charge in [0, 0.05) is 18.2 Å². The summed E-state index contributed by atoms with van der Waals surface area (Å²) in [5.74, 6) is -1.12. The zero-order valence-corrected chi connectivity index (χ0v) is 11.7. The zero-order valence-electron chi connectivity index (χ0n) is 11.7. The van der Waals surface area contributed by atoms with Crippen LogP contribution in [0.1, 0.15) is 36.2 Å². The number of carbonyl (C=O) groups is 1. The summed E-state index contributed by atoms with van der Waals surface area (Å²) in [5.41, 5.74) is 1.01. The standard InChI is InChI=1S/C15H14FN3O2/c1-15(2)7-13(10-4-6-21-9-10)18-19(15)14(20)11-3-5-17-8-12(11)16/h3-6,8-9H,7H2,1-2H3. The second kappa shape index (κ2) is 4.80. The van der Waals surface area contributed by atoms with E-state index >= 15 is 0 Å². The zero-order chi connectivity index (χ0) is 15.0. The molecular weight excluding hydrogens is 273 g/mol. The molecule has 0 aliphatic carbocycles. The fourth-order valence-electron chi connectivity index (χ4n) is 2.35. The van der Waals surface area contributed by atoms with Crippen molar-refractivity contribution >= 4 is 11.6 Å². The Kier molecular flexibility index (Phi) is 3.08. The lowest BCUT2D eigenvalue weighted by Crippen LogP contribution is -2.41. The first-order valence-corrected chi connectivity index (χ1v) is 6.53. The van der Waals surface area contributed by atoms with Gasteiger partial charge in [-0.2, -0.15) is 5.10 Å². The Bertz CT molecular complexity index is 707. The minimum atomic E-state index is -0.648. The van der Waals surface area contributed by atoms with Crippen molar-refractivity contribution in [2.45, 2.75) is 25.8 Å². The van der Waals surface area contributed by atoms with Gasteiger partial charge >= 0.3 is 0 Å². The van der Waals surface area contributed by atoms with Crippen LogP contribution in [0.3, 0.4) is 0 Å². The summed E-state index contributed by atoms with van der Waals surface area (Å²) < 4.78 is 18.8. The average molecular weight is 287 g/mol. The van der Waals surface area contributed by atoms with Gasteiger partial charge in [0.2, 0.25) is 0 Å². The first-order valence-electron chi connectivity index (χ1n) is 6.53. The van der Waals surface area contributed by atoms with Crippen molar-refractivity contribution in [3.63, 3.8) is 0 Å². The van der Waals surface area contributed by atoms with E-state index in [0.717, 1.165) is 17.5 Å². The van der Waals surface area contributed by atoms with Crippen molar-refractivity contribution in [1.29, 1.82) is 0 Å². The van der Waals surface area contributed by atoms with Gasteiger partial charge in [-0.3, -0.25) is 9.78 Å². The largest absolute Gasteiger partial charge is 0.472 e. The minimum Gasteiger partial charge on any atom is -0.472 e. The maximum atomic E-state index is 13.7. The number of hydrazone groups is 1. The molecule has 1 aliphatic rings. The summed E-state index contributed by atoms with van der Waals surface area (Å²) in [6.07, 6.45) is 6.12. The van der Waals surface area contributed by atoms with Crippen LogP contribution >= 0.6 is 0 Å². The van der Waals surface area contributed by atoms with E-state index in [4.69, 9.17) is 4.42 Å². The van der Waals surface area contributed by atoms with Crippen LogP contribution in [0.5, 0.6) is 0 Å².